The molecule has 1 fully saturated rings. The van der Waals surface area contributed by atoms with Crippen LogP contribution in [0, 0.1) is 0 Å². The van der Waals surface area contributed by atoms with E-state index >= 15 is 0 Å². The van der Waals surface area contributed by atoms with Gasteiger partial charge in [-0.15, -0.1) is 0 Å². The van der Waals surface area contributed by atoms with Gasteiger partial charge in [-0.25, -0.2) is 4.79 Å². The van der Waals surface area contributed by atoms with E-state index in [1.54, 1.807) is 19.4 Å². The summed E-state index contributed by atoms with van der Waals surface area (Å²) in [6.07, 6.45) is 7.59. The SMILES string of the molecule is COc1c2ccoc2cc2oc(=O)cc(NC3CCCCC3)c12. The average Bonchev–Trinajstić information content (AvgIpc) is 3.01. The molecule has 2 aromatic heterocycles. The minimum absolute atomic E-state index is 0.372. The molecule has 1 aliphatic rings. The number of benzene rings is 1. The molecule has 2 heterocycles. The summed E-state index contributed by atoms with van der Waals surface area (Å²) in [6.45, 7) is 0. The maximum Gasteiger partial charge on any atom is 0.338 e. The fourth-order valence-corrected chi connectivity index (χ4v) is 3.51. The Bertz CT molecular complexity index is 902. The van der Waals surface area contributed by atoms with Crippen LogP contribution in [0.4, 0.5) is 5.69 Å². The van der Waals surface area contributed by atoms with Crippen molar-refractivity contribution in [3.05, 3.63) is 34.9 Å². The number of hydrogen-bond acceptors (Lipinski definition) is 5. The summed E-state index contributed by atoms with van der Waals surface area (Å²) >= 11 is 0. The van der Waals surface area contributed by atoms with Gasteiger partial charge in [0, 0.05) is 18.2 Å². The summed E-state index contributed by atoms with van der Waals surface area (Å²) in [5.41, 5.74) is 1.54. The molecular formula is C18H19NO4. The van der Waals surface area contributed by atoms with Crippen molar-refractivity contribution in [3.63, 3.8) is 0 Å². The second-order valence-corrected chi connectivity index (χ2v) is 6.07. The van der Waals surface area contributed by atoms with Gasteiger partial charge in [-0.1, -0.05) is 19.3 Å². The molecule has 0 radical (unpaired) electrons. The largest absolute Gasteiger partial charge is 0.495 e. The van der Waals surface area contributed by atoms with Crippen LogP contribution < -0.4 is 15.7 Å². The van der Waals surface area contributed by atoms with Crippen LogP contribution in [-0.2, 0) is 0 Å². The maximum absolute atomic E-state index is 11.9. The predicted molar refractivity (Wildman–Crippen MR) is 89.3 cm³/mol. The van der Waals surface area contributed by atoms with Crippen molar-refractivity contribution >= 4 is 27.6 Å². The van der Waals surface area contributed by atoms with Crippen molar-refractivity contribution < 1.29 is 13.6 Å². The summed E-state index contributed by atoms with van der Waals surface area (Å²) in [5, 5.41) is 5.20. The molecule has 120 valence electrons. The number of furan rings is 1. The van der Waals surface area contributed by atoms with Gasteiger partial charge >= 0.3 is 5.63 Å². The van der Waals surface area contributed by atoms with Crippen LogP contribution in [0.2, 0.25) is 0 Å². The van der Waals surface area contributed by atoms with Crippen LogP contribution in [0.25, 0.3) is 21.9 Å². The van der Waals surface area contributed by atoms with Crippen LogP contribution in [0.3, 0.4) is 0 Å². The Hall–Kier alpha value is -2.43. The van der Waals surface area contributed by atoms with E-state index < -0.39 is 0 Å². The van der Waals surface area contributed by atoms with E-state index in [4.69, 9.17) is 13.6 Å². The maximum atomic E-state index is 11.9. The third kappa shape index (κ3) is 2.46. The number of hydrogen-bond donors (Lipinski definition) is 1. The van der Waals surface area contributed by atoms with E-state index in [9.17, 15) is 4.79 Å². The van der Waals surface area contributed by atoms with E-state index in [2.05, 4.69) is 5.32 Å². The van der Waals surface area contributed by atoms with Gasteiger partial charge in [-0.3, -0.25) is 0 Å². The highest BCUT2D eigenvalue weighted by Crippen LogP contribution is 2.39. The first-order valence-electron chi connectivity index (χ1n) is 8.05. The van der Waals surface area contributed by atoms with Crippen molar-refractivity contribution in [2.24, 2.45) is 0 Å². The van der Waals surface area contributed by atoms with Gasteiger partial charge in [0.2, 0.25) is 0 Å². The molecule has 5 heteroatoms. The first-order chi connectivity index (χ1) is 11.3. The van der Waals surface area contributed by atoms with Gasteiger partial charge in [0.05, 0.1) is 29.8 Å². The third-order valence-electron chi connectivity index (χ3n) is 4.59. The first kappa shape index (κ1) is 14.2. The third-order valence-corrected chi connectivity index (χ3v) is 4.59. The molecule has 0 atom stereocenters. The first-order valence-corrected chi connectivity index (χ1v) is 8.05. The van der Waals surface area contributed by atoms with Crippen LogP contribution >= 0.6 is 0 Å². The molecule has 0 aliphatic heterocycles. The molecule has 0 saturated heterocycles. The topological polar surface area (TPSA) is 64.6 Å². The zero-order valence-corrected chi connectivity index (χ0v) is 13.1. The van der Waals surface area contributed by atoms with E-state index in [0.29, 0.717) is 23.0 Å². The normalized spacial score (nSPS) is 16.0. The summed E-state index contributed by atoms with van der Waals surface area (Å²) in [7, 11) is 1.62. The average molecular weight is 313 g/mol. The van der Waals surface area contributed by atoms with Gasteiger partial charge in [0.15, 0.2) is 0 Å². The van der Waals surface area contributed by atoms with E-state index in [0.717, 1.165) is 29.3 Å². The van der Waals surface area contributed by atoms with Gasteiger partial charge in [-0.05, 0) is 18.9 Å². The lowest BCUT2D eigenvalue weighted by atomic mass is 9.95. The van der Waals surface area contributed by atoms with E-state index in [-0.39, 0.29) is 5.63 Å². The number of anilines is 1. The van der Waals surface area contributed by atoms with E-state index in [1.807, 2.05) is 6.07 Å². The number of fused-ring (bicyclic) bond motifs is 2. The zero-order chi connectivity index (χ0) is 15.8. The van der Waals surface area contributed by atoms with Crippen molar-refractivity contribution in [3.8, 4) is 5.75 Å². The second kappa shape index (κ2) is 5.65. The molecule has 3 aromatic rings. The predicted octanol–water partition coefficient (Wildman–Crippen LogP) is 4.29. The molecule has 0 amide bonds. The summed E-state index contributed by atoms with van der Waals surface area (Å²) in [6, 6.07) is 5.52. The number of nitrogens with one attached hydrogen (secondary N) is 1. The molecule has 0 unspecified atom stereocenters. The fraction of sp³-hybridized carbons (Fsp3) is 0.389. The van der Waals surface area contributed by atoms with Crippen LogP contribution in [0.1, 0.15) is 32.1 Å². The van der Waals surface area contributed by atoms with Crippen LogP contribution in [0.15, 0.2) is 38.1 Å². The van der Waals surface area contributed by atoms with E-state index in [1.165, 1.54) is 25.3 Å². The molecule has 1 N–H and O–H groups in total. The highest BCUT2D eigenvalue weighted by molar-refractivity contribution is 6.06. The highest BCUT2D eigenvalue weighted by Gasteiger charge is 2.19. The minimum atomic E-state index is -0.372. The smallest absolute Gasteiger partial charge is 0.338 e. The monoisotopic (exact) mass is 313 g/mol. The molecule has 1 aliphatic carbocycles. The summed E-state index contributed by atoms with van der Waals surface area (Å²) in [5.74, 6) is 0.674. The fourth-order valence-electron chi connectivity index (χ4n) is 3.51. The Labute approximate surface area is 133 Å². The highest BCUT2D eigenvalue weighted by atomic mass is 16.5. The number of methoxy groups -OCH3 is 1. The summed E-state index contributed by atoms with van der Waals surface area (Å²) in [4.78, 5) is 11.9. The van der Waals surface area contributed by atoms with Gasteiger partial charge < -0.3 is 18.9 Å². The lowest BCUT2D eigenvalue weighted by Gasteiger charge is -2.24. The molecule has 4 rings (SSSR count). The second-order valence-electron chi connectivity index (χ2n) is 6.07. The number of rotatable bonds is 3. The molecule has 1 saturated carbocycles. The number of ether oxygens (including phenoxy) is 1. The molecule has 5 nitrogen and oxygen atoms in total. The molecular weight excluding hydrogens is 294 g/mol. The lowest BCUT2D eigenvalue weighted by Crippen LogP contribution is -2.23. The van der Waals surface area contributed by atoms with Crippen molar-refractivity contribution in [2.45, 2.75) is 38.1 Å². The molecule has 1 aromatic carbocycles. The van der Waals surface area contributed by atoms with Crippen LogP contribution in [-0.4, -0.2) is 13.2 Å². The summed E-state index contributed by atoms with van der Waals surface area (Å²) < 4.78 is 16.4. The Morgan fingerprint density at radius 3 is 2.78 bits per heavy atom. The minimum Gasteiger partial charge on any atom is -0.495 e. The van der Waals surface area contributed by atoms with Crippen LogP contribution in [0.5, 0.6) is 5.75 Å². The van der Waals surface area contributed by atoms with Crippen molar-refractivity contribution in [1.82, 2.24) is 0 Å². The molecule has 0 spiro atoms. The van der Waals surface area contributed by atoms with Crippen molar-refractivity contribution in [1.29, 1.82) is 0 Å². The Morgan fingerprint density at radius 2 is 2.00 bits per heavy atom. The Balaban J connectivity index is 1.92. The quantitative estimate of drug-likeness (QED) is 0.731. The zero-order valence-electron chi connectivity index (χ0n) is 13.1. The standard InChI is InChI=1S/C18H19NO4/c1-21-18-12-7-8-22-14(12)10-15-17(18)13(9-16(20)23-15)19-11-5-3-2-4-6-11/h7-11,19H,2-6H2,1H3. The van der Waals surface area contributed by atoms with Gasteiger partial charge in [0.1, 0.15) is 16.9 Å². The molecule has 0 bridgehead atoms. The van der Waals surface area contributed by atoms with Gasteiger partial charge in [0.25, 0.3) is 0 Å². The lowest BCUT2D eigenvalue weighted by molar-refractivity contribution is 0.423. The van der Waals surface area contributed by atoms with Crippen molar-refractivity contribution in [2.75, 3.05) is 12.4 Å². The Kier molecular flexibility index (Phi) is 3.48. The molecule has 23 heavy (non-hydrogen) atoms. The Morgan fingerprint density at radius 1 is 1.17 bits per heavy atom. The van der Waals surface area contributed by atoms with Gasteiger partial charge in [-0.2, -0.15) is 0 Å².